The van der Waals surface area contributed by atoms with Crippen LogP contribution in [0.3, 0.4) is 0 Å². The van der Waals surface area contributed by atoms with E-state index in [9.17, 15) is 0 Å². The average molecular weight is 252 g/mol. The van der Waals surface area contributed by atoms with Gasteiger partial charge < -0.3 is 0 Å². The van der Waals surface area contributed by atoms with E-state index < -0.39 is 0 Å². The van der Waals surface area contributed by atoms with Crippen molar-refractivity contribution in [3.05, 3.63) is 64.9 Å². The van der Waals surface area contributed by atoms with Crippen molar-refractivity contribution < 1.29 is 0 Å². The Kier molecular flexibility index (Phi) is 3.81. The molecule has 0 aliphatic carbocycles. The molecule has 1 atom stereocenters. The quantitative estimate of drug-likeness (QED) is 0.744. The van der Waals surface area contributed by atoms with Gasteiger partial charge in [-0.2, -0.15) is 0 Å². The van der Waals surface area contributed by atoms with Gasteiger partial charge in [-0.05, 0) is 41.8 Å². The number of aromatic nitrogens is 1. The Balaban J connectivity index is 2.12. The summed E-state index contributed by atoms with van der Waals surface area (Å²) >= 11 is 12.3. The maximum absolute atomic E-state index is 6.33. The van der Waals surface area contributed by atoms with E-state index in [2.05, 4.69) is 4.98 Å². The van der Waals surface area contributed by atoms with Crippen LogP contribution in [0.2, 0.25) is 5.02 Å². The minimum absolute atomic E-state index is 0.0545. The lowest BCUT2D eigenvalue weighted by atomic mass is 10.1. The molecule has 1 aromatic heterocycles. The minimum Gasteiger partial charge on any atom is -0.265 e. The van der Waals surface area contributed by atoms with E-state index in [1.807, 2.05) is 36.4 Å². The lowest BCUT2D eigenvalue weighted by molar-refractivity contribution is 0.916. The van der Waals surface area contributed by atoms with Gasteiger partial charge in [0, 0.05) is 17.4 Å². The van der Waals surface area contributed by atoms with Crippen LogP contribution in [0.15, 0.2) is 48.8 Å². The maximum atomic E-state index is 6.33. The summed E-state index contributed by atoms with van der Waals surface area (Å²) in [6.45, 7) is 0. The zero-order valence-corrected chi connectivity index (χ0v) is 10.1. The minimum atomic E-state index is -0.0545. The molecule has 1 nitrogen and oxygen atoms in total. The predicted molar refractivity (Wildman–Crippen MR) is 68.0 cm³/mol. The van der Waals surface area contributed by atoms with Crippen LogP contribution < -0.4 is 0 Å². The van der Waals surface area contributed by atoms with Gasteiger partial charge in [0.1, 0.15) is 0 Å². The first-order valence-corrected chi connectivity index (χ1v) is 5.85. The molecule has 2 rings (SSSR count). The summed E-state index contributed by atoms with van der Waals surface area (Å²) in [6, 6.07) is 11.6. The van der Waals surface area contributed by atoms with Gasteiger partial charge in [-0.3, -0.25) is 4.98 Å². The molecular formula is C13H11Cl2N. The zero-order valence-electron chi connectivity index (χ0n) is 8.61. The summed E-state index contributed by atoms with van der Waals surface area (Å²) in [5.74, 6) is 0. The average Bonchev–Trinajstić information content (AvgIpc) is 2.30. The highest BCUT2D eigenvalue weighted by atomic mass is 35.5. The van der Waals surface area contributed by atoms with Gasteiger partial charge in [-0.25, -0.2) is 0 Å². The van der Waals surface area contributed by atoms with E-state index in [-0.39, 0.29) is 5.38 Å². The van der Waals surface area contributed by atoms with Gasteiger partial charge in [0.05, 0.1) is 5.38 Å². The van der Waals surface area contributed by atoms with Crippen LogP contribution in [-0.2, 0) is 6.42 Å². The number of hydrogen-bond donors (Lipinski definition) is 0. The summed E-state index contributed by atoms with van der Waals surface area (Å²) in [5.41, 5.74) is 2.22. The monoisotopic (exact) mass is 251 g/mol. The molecule has 0 fully saturated rings. The van der Waals surface area contributed by atoms with Gasteiger partial charge in [-0.1, -0.05) is 23.7 Å². The number of halogens is 2. The first-order valence-electron chi connectivity index (χ1n) is 5.04. The highest BCUT2D eigenvalue weighted by Gasteiger charge is 2.08. The van der Waals surface area contributed by atoms with E-state index in [1.165, 1.54) is 5.56 Å². The van der Waals surface area contributed by atoms with Crippen molar-refractivity contribution in [3.8, 4) is 0 Å². The second kappa shape index (κ2) is 5.33. The zero-order chi connectivity index (χ0) is 11.4. The second-order valence-electron chi connectivity index (χ2n) is 3.58. The van der Waals surface area contributed by atoms with Gasteiger partial charge in [0.15, 0.2) is 0 Å². The van der Waals surface area contributed by atoms with Crippen molar-refractivity contribution >= 4 is 23.2 Å². The predicted octanol–water partition coefficient (Wildman–Crippen LogP) is 4.26. The molecule has 82 valence electrons. The van der Waals surface area contributed by atoms with E-state index >= 15 is 0 Å². The summed E-state index contributed by atoms with van der Waals surface area (Å²) in [7, 11) is 0. The van der Waals surface area contributed by atoms with Gasteiger partial charge in [-0.15, -0.1) is 11.6 Å². The fraction of sp³-hybridized carbons (Fsp3) is 0.154. The number of hydrogen-bond acceptors (Lipinski definition) is 1. The summed E-state index contributed by atoms with van der Waals surface area (Å²) < 4.78 is 0. The third-order valence-electron chi connectivity index (χ3n) is 2.37. The number of nitrogens with zero attached hydrogens (tertiary/aromatic N) is 1. The van der Waals surface area contributed by atoms with Crippen molar-refractivity contribution in [2.45, 2.75) is 11.8 Å². The molecule has 1 heterocycles. The van der Waals surface area contributed by atoms with Crippen molar-refractivity contribution in [1.82, 2.24) is 4.98 Å². The lowest BCUT2D eigenvalue weighted by Crippen LogP contribution is -1.95. The fourth-order valence-corrected chi connectivity index (χ4v) is 2.06. The van der Waals surface area contributed by atoms with Crippen LogP contribution in [0.4, 0.5) is 0 Å². The molecule has 0 saturated heterocycles. The molecule has 0 amide bonds. The molecule has 1 unspecified atom stereocenters. The first-order chi connectivity index (χ1) is 7.75. The van der Waals surface area contributed by atoms with Crippen LogP contribution in [0.25, 0.3) is 0 Å². The molecule has 0 saturated carbocycles. The number of alkyl halides is 1. The number of rotatable bonds is 3. The molecule has 0 radical (unpaired) electrons. The largest absolute Gasteiger partial charge is 0.265 e. The standard InChI is InChI=1S/C13H11Cl2N/c14-12-3-1-2-11(9-12)13(15)8-10-4-6-16-7-5-10/h1-7,9,13H,8H2. The van der Waals surface area contributed by atoms with Crippen LogP contribution in [0.5, 0.6) is 0 Å². The molecule has 1 aromatic carbocycles. The number of benzene rings is 1. The Morgan fingerprint density at radius 1 is 1.12 bits per heavy atom. The van der Waals surface area contributed by atoms with Crippen molar-refractivity contribution in [1.29, 1.82) is 0 Å². The van der Waals surface area contributed by atoms with Crippen LogP contribution in [0, 0.1) is 0 Å². The topological polar surface area (TPSA) is 12.9 Å². The lowest BCUT2D eigenvalue weighted by Gasteiger charge is -2.09. The summed E-state index contributed by atoms with van der Waals surface area (Å²) in [5, 5.41) is 0.666. The molecule has 16 heavy (non-hydrogen) atoms. The molecule has 3 heteroatoms. The maximum Gasteiger partial charge on any atom is 0.0626 e. The third-order valence-corrected chi connectivity index (χ3v) is 3.02. The van der Waals surface area contributed by atoms with Gasteiger partial charge in [0.25, 0.3) is 0 Å². The number of pyridine rings is 1. The molecule has 0 N–H and O–H groups in total. The molecule has 0 aliphatic rings. The smallest absolute Gasteiger partial charge is 0.0626 e. The Hall–Kier alpha value is -1.05. The normalized spacial score (nSPS) is 12.4. The second-order valence-corrected chi connectivity index (χ2v) is 4.55. The Bertz CT molecular complexity index is 456. The molecule has 2 aromatic rings. The Morgan fingerprint density at radius 2 is 1.88 bits per heavy atom. The van der Waals surface area contributed by atoms with E-state index in [1.54, 1.807) is 12.4 Å². The van der Waals surface area contributed by atoms with Crippen LogP contribution in [0.1, 0.15) is 16.5 Å². The van der Waals surface area contributed by atoms with Crippen molar-refractivity contribution in [3.63, 3.8) is 0 Å². The van der Waals surface area contributed by atoms with E-state index in [0.717, 1.165) is 17.0 Å². The van der Waals surface area contributed by atoms with Crippen LogP contribution >= 0.6 is 23.2 Å². The molecule has 0 aliphatic heterocycles. The van der Waals surface area contributed by atoms with Crippen molar-refractivity contribution in [2.75, 3.05) is 0 Å². The summed E-state index contributed by atoms with van der Waals surface area (Å²) in [4.78, 5) is 3.98. The first kappa shape index (κ1) is 11.4. The van der Waals surface area contributed by atoms with Crippen molar-refractivity contribution in [2.24, 2.45) is 0 Å². The molecule has 0 bridgehead atoms. The Morgan fingerprint density at radius 3 is 2.56 bits per heavy atom. The third kappa shape index (κ3) is 2.97. The van der Waals surface area contributed by atoms with E-state index in [4.69, 9.17) is 23.2 Å². The molecular weight excluding hydrogens is 241 g/mol. The highest BCUT2D eigenvalue weighted by molar-refractivity contribution is 6.30. The summed E-state index contributed by atoms with van der Waals surface area (Å²) in [6.07, 6.45) is 4.33. The Labute approximate surface area is 105 Å². The van der Waals surface area contributed by atoms with Crippen LogP contribution in [-0.4, -0.2) is 4.98 Å². The SMILES string of the molecule is Clc1cccc(C(Cl)Cc2ccncc2)c1. The van der Waals surface area contributed by atoms with Gasteiger partial charge >= 0.3 is 0 Å². The van der Waals surface area contributed by atoms with Gasteiger partial charge in [0.2, 0.25) is 0 Å². The molecule has 0 spiro atoms. The fourth-order valence-electron chi connectivity index (χ4n) is 1.55. The van der Waals surface area contributed by atoms with E-state index in [0.29, 0.717) is 0 Å². The highest BCUT2D eigenvalue weighted by Crippen LogP contribution is 2.26.